The van der Waals surface area contributed by atoms with Crippen LogP contribution in [-0.2, 0) is 16.1 Å². The van der Waals surface area contributed by atoms with Crippen LogP contribution in [0.1, 0.15) is 23.8 Å². The number of nitrogens with zero attached hydrogens (tertiary/aromatic N) is 2. The molecule has 2 aliphatic carbocycles. The second-order valence-electron chi connectivity index (χ2n) is 7.50. The van der Waals surface area contributed by atoms with Crippen LogP contribution in [-0.4, -0.2) is 16.2 Å². The number of benzene rings is 2. The van der Waals surface area contributed by atoms with Gasteiger partial charge in [0.15, 0.2) is 6.61 Å². The van der Waals surface area contributed by atoms with Gasteiger partial charge in [-0.3, -0.25) is 4.79 Å². The first-order valence-corrected chi connectivity index (χ1v) is 10.5. The Morgan fingerprint density at radius 1 is 1.03 bits per heavy atom. The quantitative estimate of drug-likeness (QED) is 0.397. The number of aromatic nitrogens is 2. The van der Waals surface area contributed by atoms with Crippen LogP contribution in [0.2, 0.25) is 0 Å². The van der Waals surface area contributed by atoms with E-state index in [-0.39, 0.29) is 30.3 Å². The molecule has 0 saturated heterocycles. The largest absolute Gasteiger partial charge is 0.455 e. The molecule has 3 aromatic rings. The molecule has 146 valence electrons. The van der Waals surface area contributed by atoms with E-state index in [0.29, 0.717) is 17.7 Å². The Morgan fingerprint density at radius 2 is 1.79 bits per heavy atom. The lowest BCUT2D eigenvalue weighted by atomic mass is 9.78. The summed E-state index contributed by atoms with van der Waals surface area (Å²) in [6.45, 7) is -0.0185. The molecule has 1 saturated carbocycles. The maximum atomic E-state index is 13.0. The molecule has 4 atom stereocenters. The van der Waals surface area contributed by atoms with Gasteiger partial charge >= 0.3 is 5.97 Å². The molecule has 5 nitrogen and oxygen atoms in total. The van der Waals surface area contributed by atoms with Crippen molar-refractivity contribution in [3.8, 4) is 11.5 Å². The van der Waals surface area contributed by atoms with E-state index in [1.54, 1.807) is 0 Å². The Labute approximate surface area is 176 Å². The number of hydrogen-bond donors (Lipinski definition) is 0. The molecule has 2 aromatic carbocycles. The molecule has 5 rings (SSSR count). The minimum Gasteiger partial charge on any atom is -0.455 e. The van der Waals surface area contributed by atoms with E-state index in [0.717, 1.165) is 16.5 Å². The molecular formula is C23H19BrN2O3. The van der Waals surface area contributed by atoms with E-state index >= 15 is 0 Å². The van der Waals surface area contributed by atoms with Crippen molar-refractivity contribution in [3.63, 3.8) is 0 Å². The third-order valence-electron chi connectivity index (χ3n) is 5.82. The molecule has 29 heavy (non-hydrogen) atoms. The van der Waals surface area contributed by atoms with Gasteiger partial charge in [0.25, 0.3) is 5.89 Å². The van der Waals surface area contributed by atoms with E-state index in [1.807, 2.05) is 42.5 Å². The van der Waals surface area contributed by atoms with Crippen molar-refractivity contribution in [1.29, 1.82) is 0 Å². The third kappa shape index (κ3) is 3.42. The Hall–Kier alpha value is -2.73. The first kappa shape index (κ1) is 18.3. The van der Waals surface area contributed by atoms with Crippen molar-refractivity contribution in [2.75, 3.05) is 0 Å². The van der Waals surface area contributed by atoms with Gasteiger partial charge in [-0.15, -0.1) is 10.2 Å². The summed E-state index contributed by atoms with van der Waals surface area (Å²) in [6, 6.07) is 17.9. The fourth-order valence-corrected chi connectivity index (χ4v) is 5.01. The van der Waals surface area contributed by atoms with Crippen LogP contribution in [0.5, 0.6) is 0 Å². The number of fused-ring (bicyclic) bond motifs is 2. The van der Waals surface area contributed by atoms with Crippen LogP contribution in [0.15, 0.2) is 75.6 Å². The maximum absolute atomic E-state index is 13.0. The first-order chi connectivity index (χ1) is 14.2. The van der Waals surface area contributed by atoms with Gasteiger partial charge in [0.2, 0.25) is 5.89 Å². The molecule has 6 heteroatoms. The topological polar surface area (TPSA) is 65.2 Å². The van der Waals surface area contributed by atoms with Crippen molar-refractivity contribution in [2.24, 2.45) is 17.8 Å². The number of halogens is 1. The second-order valence-corrected chi connectivity index (χ2v) is 8.35. The molecule has 1 aromatic heterocycles. The van der Waals surface area contributed by atoms with Crippen molar-refractivity contribution < 1.29 is 13.9 Å². The SMILES string of the molecule is O=C(OCc1nnc(-c2ccccc2Br)o1)C1C2C=CC(C2)C1c1ccccc1. The highest BCUT2D eigenvalue weighted by Gasteiger charge is 2.49. The number of rotatable bonds is 5. The standard InChI is InChI=1S/C23H19BrN2O3/c24-18-9-5-4-8-17(18)22-26-25-19(29-22)13-28-23(27)21-16-11-10-15(12-16)20(21)14-6-2-1-3-7-14/h1-11,15-16,20-21H,12-13H2. The Balaban J connectivity index is 1.30. The molecular weight excluding hydrogens is 432 g/mol. The number of allylic oxidation sites excluding steroid dienone is 2. The molecule has 0 amide bonds. The van der Waals surface area contributed by atoms with Crippen molar-refractivity contribution in [3.05, 3.63) is 82.7 Å². The summed E-state index contributed by atoms with van der Waals surface area (Å²) in [4.78, 5) is 13.0. The Kier molecular flexibility index (Phi) is 4.79. The van der Waals surface area contributed by atoms with E-state index in [9.17, 15) is 4.79 Å². The average Bonchev–Trinajstić information content (AvgIpc) is 3.49. The van der Waals surface area contributed by atoms with E-state index in [2.05, 4.69) is 50.4 Å². The van der Waals surface area contributed by atoms with Gasteiger partial charge in [0.1, 0.15) is 0 Å². The molecule has 2 bridgehead atoms. The van der Waals surface area contributed by atoms with Gasteiger partial charge < -0.3 is 9.15 Å². The maximum Gasteiger partial charge on any atom is 0.310 e. The second kappa shape index (κ2) is 7.59. The van der Waals surface area contributed by atoms with Gasteiger partial charge in [-0.05, 0) is 51.9 Å². The van der Waals surface area contributed by atoms with Crippen molar-refractivity contribution >= 4 is 21.9 Å². The van der Waals surface area contributed by atoms with Gasteiger partial charge in [0.05, 0.1) is 11.5 Å². The molecule has 0 spiro atoms. The zero-order valence-corrected chi connectivity index (χ0v) is 17.2. The zero-order chi connectivity index (χ0) is 19.8. The predicted octanol–water partition coefficient (Wildman–Crippen LogP) is 5.15. The van der Waals surface area contributed by atoms with Gasteiger partial charge in [-0.2, -0.15) is 0 Å². The predicted molar refractivity (Wildman–Crippen MR) is 111 cm³/mol. The number of carbonyl (C=O) groups excluding carboxylic acids is 1. The smallest absolute Gasteiger partial charge is 0.310 e. The lowest BCUT2D eigenvalue weighted by Gasteiger charge is -2.26. The fourth-order valence-electron chi connectivity index (χ4n) is 4.56. The normalized spacial score (nSPS) is 24.7. The fraction of sp³-hybridized carbons (Fsp3) is 0.261. The van der Waals surface area contributed by atoms with Crippen LogP contribution in [0.3, 0.4) is 0 Å². The third-order valence-corrected chi connectivity index (χ3v) is 6.52. The number of hydrogen-bond acceptors (Lipinski definition) is 5. The lowest BCUT2D eigenvalue weighted by Crippen LogP contribution is -2.28. The Bertz CT molecular complexity index is 1060. The summed E-state index contributed by atoms with van der Waals surface area (Å²) in [7, 11) is 0. The van der Waals surface area contributed by atoms with Crippen LogP contribution in [0.25, 0.3) is 11.5 Å². The molecule has 0 N–H and O–H groups in total. The number of esters is 1. The molecule has 1 fully saturated rings. The highest BCUT2D eigenvalue weighted by atomic mass is 79.9. The summed E-state index contributed by atoms with van der Waals surface area (Å²) in [6.07, 6.45) is 5.41. The summed E-state index contributed by atoms with van der Waals surface area (Å²) < 4.78 is 12.2. The average molecular weight is 451 g/mol. The van der Waals surface area contributed by atoms with Gasteiger partial charge in [0, 0.05) is 10.4 Å². The Morgan fingerprint density at radius 3 is 2.62 bits per heavy atom. The van der Waals surface area contributed by atoms with E-state index in [1.165, 1.54) is 5.56 Å². The monoisotopic (exact) mass is 450 g/mol. The van der Waals surface area contributed by atoms with Crippen LogP contribution in [0.4, 0.5) is 0 Å². The summed E-state index contributed by atoms with van der Waals surface area (Å²) >= 11 is 3.48. The van der Waals surface area contributed by atoms with Gasteiger partial charge in [-0.1, -0.05) is 54.6 Å². The number of ether oxygens (including phenoxy) is 1. The van der Waals surface area contributed by atoms with Crippen molar-refractivity contribution in [2.45, 2.75) is 18.9 Å². The highest BCUT2D eigenvalue weighted by Crippen LogP contribution is 2.53. The molecule has 4 unspecified atom stereocenters. The molecule has 1 heterocycles. The number of carbonyl (C=O) groups is 1. The molecule has 2 aliphatic rings. The zero-order valence-electron chi connectivity index (χ0n) is 15.6. The minimum absolute atomic E-state index is 0.0185. The van der Waals surface area contributed by atoms with E-state index in [4.69, 9.17) is 9.15 Å². The van der Waals surface area contributed by atoms with Crippen LogP contribution < -0.4 is 0 Å². The minimum atomic E-state index is -0.198. The summed E-state index contributed by atoms with van der Waals surface area (Å²) in [5.41, 5.74) is 2.00. The lowest BCUT2D eigenvalue weighted by molar-refractivity contribution is -0.152. The highest BCUT2D eigenvalue weighted by molar-refractivity contribution is 9.10. The molecule has 0 aliphatic heterocycles. The first-order valence-electron chi connectivity index (χ1n) is 9.68. The summed E-state index contributed by atoms with van der Waals surface area (Å²) in [5, 5.41) is 8.10. The van der Waals surface area contributed by atoms with Gasteiger partial charge in [-0.25, -0.2) is 0 Å². The molecule has 0 radical (unpaired) electrons. The summed E-state index contributed by atoms with van der Waals surface area (Å²) in [5.74, 6) is 1.11. The van der Waals surface area contributed by atoms with Crippen LogP contribution >= 0.6 is 15.9 Å². The van der Waals surface area contributed by atoms with Crippen LogP contribution in [0, 0.1) is 17.8 Å². The van der Waals surface area contributed by atoms with E-state index < -0.39 is 0 Å². The van der Waals surface area contributed by atoms with Crippen molar-refractivity contribution in [1.82, 2.24) is 10.2 Å².